The summed E-state index contributed by atoms with van der Waals surface area (Å²) in [5.74, 6) is 0. The maximum Gasteiger partial charge on any atom is 0.236 e. The molecule has 0 bridgehead atoms. The first-order valence-electron chi connectivity index (χ1n) is 1.67. The summed E-state index contributed by atoms with van der Waals surface area (Å²) >= 11 is 15.6. The molecule has 2 nitrogen and oxygen atoms in total. The molecule has 5 heteroatoms. The molecule has 0 saturated carbocycles. The molecule has 0 aliphatic rings. The van der Waals surface area contributed by atoms with E-state index in [2.05, 4.69) is 4.99 Å². The average Bonchev–Trinajstić information content (AvgIpc) is 1.67. The van der Waals surface area contributed by atoms with Gasteiger partial charge in [0.1, 0.15) is 4.84 Å². The highest BCUT2D eigenvalue weighted by atomic mass is 35.5. The van der Waals surface area contributed by atoms with Gasteiger partial charge in [-0.3, -0.25) is 0 Å². The average molecular weight is 174 g/mol. The minimum atomic E-state index is -0.879. The third kappa shape index (κ3) is 3.28. The topological polar surface area (TPSA) is 29.4 Å². The number of aliphatic imine (C=N–C) groups is 1. The highest BCUT2D eigenvalue weighted by Crippen LogP contribution is 2.13. The lowest BCUT2D eigenvalue weighted by Crippen LogP contribution is -2.03. The Kier molecular flexibility index (Phi) is 4.29. The van der Waals surface area contributed by atoms with Gasteiger partial charge >= 0.3 is 0 Å². The van der Waals surface area contributed by atoms with E-state index in [4.69, 9.17) is 34.8 Å². The SMILES string of the molecule is O=C=NC(Cl)C(Cl)Cl. The van der Waals surface area contributed by atoms with Crippen LogP contribution in [-0.4, -0.2) is 16.4 Å². The molecule has 0 aliphatic heterocycles. The van der Waals surface area contributed by atoms with E-state index in [9.17, 15) is 4.79 Å². The zero-order valence-electron chi connectivity index (χ0n) is 3.64. The first-order valence-corrected chi connectivity index (χ1v) is 2.98. The number of rotatable bonds is 2. The number of alkyl halides is 3. The Morgan fingerprint density at radius 2 is 1.88 bits per heavy atom. The molecule has 0 saturated heterocycles. The standard InChI is InChI=1S/C3H2Cl3NO/c4-2(5)3(6)7-1-8/h2-3H. The van der Waals surface area contributed by atoms with Crippen molar-refractivity contribution in [1.29, 1.82) is 0 Å². The van der Waals surface area contributed by atoms with Crippen molar-refractivity contribution in [2.45, 2.75) is 10.3 Å². The van der Waals surface area contributed by atoms with Gasteiger partial charge in [-0.2, -0.15) is 4.99 Å². The van der Waals surface area contributed by atoms with Crippen molar-refractivity contribution in [3.05, 3.63) is 0 Å². The van der Waals surface area contributed by atoms with Crippen LogP contribution in [0.4, 0.5) is 0 Å². The highest BCUT2D eigenvalue weighted by molar-refractivity contribution is 6.48. The van der Waals surface area contributed by atoms with Crippen LogP contribution in [0.1, 0.15) is 0 Å². The number of nitrogens with zero attached hydrogens (tertiary/aromatic N) is 1. The van der Waals surface area contributed by atoms with Gasteiger partial charge < -0.3 is 0 Å². The first kappa shape index (κ1) is 8.25. The normalized spacial score (nSPS) is 13.0. The third-order valence-corrected chi connectivity index (χ3v) is 1.47. The summed E-state index contributed by atoms with van der Waals surface area (Å²) in [5.41, 5.74) is -0.879. The summed E-state index contributed by atoms with van der Waals surface area (Å²) in [5, 5.41) is 0. The molecule has 0 aliphatic carbocycles. The molecule has 0 radical (unpaired) electrons. The molecule has 0 aromatic heterocycles. The number of hydrogen-bond acceptors (Lipinski definition) is 2. The molecule has 0 amide bonds. The Hall–Kier alpha value is 0.250. The summed E-state index contributed by atoms with van der Waals surface area (Å²) in [4.78, 5) is 11.6. The van der Waals surface area contributed by atoms with Gasteiger partial charge in [0.15, 0.2) is 5.50 Å². The Bertz CT molecular complexity index is 109. The minimum absolute atomic E-state index is 0.849. The predicted octanol–water partition coefficient (Wildman–Crippen LogP) is 1.69. The zero-order chi connectivity index (χ0) is 6.57. The predicted molar refractivity (Wildman–Crippen MR) is 33.3 cm³/mol. The zero-order valence-corrected chi connectivity index (χ0v) is 5.91. The van der Waals surface area contributed by atoms with Gasteiger partial charge in [-0.25, -0.2) is 4.79 Å². The van der Waals surface area contributed by atoms with E-state index in [0.717, 1.165) is 0 Å². The molecule has 0 fully saturated rings. The van der Waals surface area contributed by atoms with Gasteiger partial charge in [0.2, 0.25) is 6.08 Å². The van der Waals surface area contributed by atoms with Crippen molar-refractivity contribution in [1.82, 2.24) is 0 Å². The van der Waals surface area contributed by atoms with Gasteiger partial charge in [-0.05, 0) is 0 Å². The van der Waals surface area contributed by atoms with E-state index in [1.807, 2.05) is 0 Å². The molecule has 0 aromatic rings. The minimum Gasteiger partial charge on any atom is -0.211 e. The van der Waals surface area contributed by atoms with E-state index < -0.39 is 10.3 Å². The second-order valence-electron chi connectivity index (χ2n) is 0.927. The molecule has 0 N–H and O–H groups in total. The summed E-state index contributed by atoms with van der Waals surface area (Å²) in [6.45, 7) is 0. The number of hydrogen-bond donors (Lipinski definition) is 0. The largest absolute Gasteiger partial charge is 0.236 e. The Labute approximate surface area is 61.4 Å². The molecule has 0 rings (SSSR count). The molecular weight excluding hydrogens is 172 g/mol. The fourth-order valence-corrected chi connectivity index (χ4v) is 0.259. The van der Waals surface area contributed by atoms with Crippen molar-refractivity contribution in [3.8, 4) is 0 Å². The van der Waals surface area contributed by atoms with Crippen LogP contribution in [-0.2, 0) is 4.79 Å². The number of isocyanates is 1. The van der Waals surface area contributed by atoms with Crippen LogP contribution < -0.4 is 0 Å². The fourth-order valence-electron chi connectivity index (χ4n) is 0.107. The molecule has 1 atom stereocenters. The van der Waals surface area contributed by atoms with E-state index in [-0.39, 0.29) is 0 Å². The van der Waals surface area contributed by atoms with Crippen molar-refractivity contribution in [2.24, 2.45) is 4.99 Å². The smallest absolute Gasteiger partial charge is 0.211 e. The molecule has 1 unspecified atom stereocenters. The van der Waals surface area contributed by atoms with Crippen molar-refractivity contribution < 1.29 is 4.79 Å². The fraction of sp³-hybridized carbons (Fsp3) is 0.667. The van der Waals surface area contributed by atoms with Crippen LogP contribution in [0.5, 0.6) is 0 Å². The van der Waals surface area contributed by atoms with Crippen LogP contribution in [0.15, 0.2) is 4.99 Å². The van der Waals surface area contributed by atoms with Crippen molar-refractivity contribution >= 4 is 40.9 Å². The Morgan fingerprint density at radius 1 is 1.38 bits per heavy atom. The van der Waals surface area contributed by atoms with Crippen molar-refractivity contribution in [3.63, 3.8) is 0 Å². The van der Waals surface area contributed by atoms with E-state index in [0.29, 0.717) is 0 Å². The lowest BCUT2D eigenvalue weighted by molar-refractivity contribution is 0.562. The third-order valence-electron chi connectivity index (χ3n) is 0.384. The maximum absolute atomic E-state index is 9.43. The van der Waals surface area contributed by atoms with E-state index >= 15 is 0 Å². The highest BCUT2D eigenvalue weighted by Gasteiger charge is 2.10. The summed E-state index contributed by atoms with van der Waals surface area (Å²) in [6.07, 6.45) is 1.22. The molecule has 46 valence electrons. The summed E-state index contributed by atoms with van der Waals surface area (Å²) in [7, 11) is 0. The van der Waals surface area contributed by atoms with Crippen LogP contribution in [0.3, 0.4) is 0 Å². The second-order valence-corrected chi connectivity index (χ2v) is 2.54. The molecule has 8 heavy (non-hydrogen) atoms. The number of halogens is 3. The summed E-state index contributed by atoms with van der Waals surface area (Å²) in [6, 6.07) is 0. The summed E-state index contributed by atoms with van der Waals surface area (Å²) < 4.78 is 0. The lowest BCUT2D eigenvalue weighted by atomic mass is 10.8. The van der Waals surface area contributed by atoms with Crippen LogP contribution >= 0.6 is 34.8 Å². The van der Waals surface area contributed by atoms with E-state index in [1.165, 1.54) is 6.08 Å². The van der Waals surface area contributed by atoms with Crippen LogP contribution in [0.25, 0.3) is 0 Å². The number of carbonyl (C=O) groups excluding carboxylic acids is 1. The van der Waals surface area contributed by atoms with Gasteiger partial charge in [-0.15, -0.1) is 23.2 Å². The van der Waals surface area contributed by atoms with Crippen LogP contribution in [0.2, 0.25) is 0 Å². The molecular formula is C3H2Cl3NO. The maximum atomic E-state index is 9.43. The quantitative estimate of drug-likeness (QED) is 0.271. The Balaban J connectivity index is 3.63. The lowest BCUT2D eigenvalue weighted by Gasteiger charge is -1.97. The monoisotopic (exact) mass is 173 g/mol. The van der Waals surface area contributed by atoms with Gasteiger partial charge in [0, 0.05) is 0 Å². The van der Waals surface area contributed by atoms with Gasteiger partial charge in [-0.1, -0.05) is 11.6 Å². The Morgan fingerprint density at radius 3 is 2.00 bits per heavy atom. The second kappa shape index (κ2) is 4.16. The van der Waals surface area contributed by atoms with E-state index in [1.54, 1.807) is 0 Å². The van der Waals surface area contributed by atoms with Gasteiger partial charge in [0.05, 0.1) is 0 Å². The van der Waals surface area contributed by atoms with Gasteiger partial charge in [0.25, 0.3) is 0 Å². The molecule has 0 spiro atoms. The molecule has 0 heterocycles. The molecule has 0 aromatic carbocycles. The first-order chi connectivity index (χ1) is 3.68. The van der Waals surface area contributed by atoms with Crippen molar-refractivity contribution in [2.75, 3.05) is 0 Å². The van der Waals surface area contributed by atoms with Crippen LogP contribution in [0, 0.1) is 0 Å².